The van der Waals surface area contributed by atoms with Gasteiger partial charge in [0.2, 0.25) is 11.8 Å². The summed E-state index contributed by atoms with van der Waals surface area (Å²) in [6, 6.07) is 31.0. The van der Waals surface area contributed by atoms with Crippen LogP contribution in [0.4, 0.5) is 17.1 Å². The van der Waals surface area contributed by atoms with Crippen molar-refractivity contribution in [2.75, 3.05) is 43.1 Å². The number of carbonyl (C=O) groups is 2. The Morgan fingerprint density at radius 1 is 0.940 bits per heavy atom. The van der Waals surface area contributed by atoms with E-state index in [9.17, 15) is 9.59 Å². The van der Waals surface area contributed by atoms with Crippen molar-refractivity contribution < 1.29 is 14.3 Å². The van der Waals surface area contributed by atoms with Gasteiger partial charge in [-0.2, -0.15) is 0 Å². The number of rotatable bonds is 9. The van der Waals surface area contributed by atoms with Gasteiger partial charge in [-0.15, -0.1) is 0 Å². The maximum Gasteiger partial charge on any atom is 0.247 e. The number of amidine groups is 1. The molecule has 3 aromatic carbocycles. The van der Waals surface area contributed by atoms with E-state index in [1.54, 1.807) is 11.1 Å². The van der Waals surface area contributed by atoms with Crippen molar-refractivity contribution in [1.29, 1.82) is 0 Å². The van der Waals surface area contributed by atoms with Gasteiger partial charge in [0.15, 0.2) is 10.3 Å². The Morgan fingerprint density at radius 2 is 1.70 bits per heavy atom. The van der Waals surface area contributed by atoms with Gasteiger partial charge in [-0.1, -0.05) is 60.3 Å². The fourth-order valence-corrected chi connectivity index (χ4v) is 7.81. The number of thiocarbonyl (C=S) groups is 1. The van der Waals surface area contributed by atoms with Gasteiger partial charge in [-0.05, 0) is 84.7 Å². The topological polar surface area (TPSA) is 102 Å². The number of ether oxygens (including phenoxy) is 1. The van der Waals surface area contributed by atoms with Gasteiger partial charge in [0.05, 0.1) is 31.1 Å². The van der Waals surface area contributed by atoms with Crippen LogP contribution in [-0.4, -0.2) is 75.8 Å². The van der Waals surface area contributed by atoms with Crippen molar-refractivity contribution in [2.45, 2.75) is 37.2 Å². The summed E-state index contributed by atoms with van der Waals surface area (Å²) in [5.41, 5.74) is 5.33. The number of aromatic nitrogens is 1. The van der Waals surface area contributed by atoms with Gasteiger partial charge in [-0.25, -0.2) is 4.99 Å². The molecule has 12 heteroatoms. The van der Waals surface area contributed by atoms with E-state index in [2.05, 4.69) is 32.7 Å². The van der Waals surface area contributed by atoms with Crippen LogP contribution in [0.5, 0.6) is 0 Å². The fraction of sp³-hybridized carbons (Fsp3) is 0.289. The molecule has 3 aliphatic rings. The first-order valence-corrected chi connectivity index (χ1v) is 18.2. The molecule has 0 bridgehead atoms. The predicted octanol–water partition coefficient (Wildman–Crippen LogP) is 5.90. The Hall–Kier alpha value is -4.78. The second-order valence-corrected chi connectivity index (χ2v) is 13.8. The van der Waals surface area contributed by atoms with Crippen LogP contribution in [0.2, 0.25) is 0 Å². The normalized spacial score (nSPS) is 20.0. The monoisotopic (exact) mass is 705 g/mol. The number of nitrogens with zero attached hydrogens (tertiary/aromatic N) is 5. The first-order valence-electron chi connectivity index (χ1n) is 16.9. The van der Waals surface area contributed by atoms with E-state index in [0.717, 1.165) is 73.9 Å². The second kappa shape index (κ2) is 15.8. The Kier molecular flexibility index (Phi) is 10.7. The summed E-state index contributed by atoms with van der Waals surface area (Å²) in [6.45, 7) is 4.83. The summed E-state index contributed by atoms with van der Waals surface area (Å²) in [6.07, 6.45) is 3.35. The van der Waals surface area contributed by atoms with E-state index < -0.39 is 5.25 Å². The molecule has 4 heterocycles. The molecule has 50 heavy (non-hydrogen) atoms. The molecule has 0 aliphatic carbocycles. The van der Waals surface area contributed by atoms with Crippen molar-refractivity contribution >= 4 is 63.1 Å². The number of nitrogens with one attached hydrogen (secondary N) is 2. The van der Waals surface area contributed by atoms with Crippen LogP contribution in [0, 0.1) is 0 Å². The maximum absolute atomic E-state index is 13.9. The molecule has 4 aromatic rings. The first kappa shape index (κ1) is 33.7. The van der Waals surface area contributed by atoms with Gasteiger partial charge in [-0.3, -0.25) is 19.5 Å². The van der Waals surface area contributed by atoms with E-state index in [4.69, 9.17) is 21.9 Å². The lowest BCUT2D eigenvalue weighted by Gasteiger charge is -2.28. The molecule has 3 fully saturated rings. The van der Waals surface area contributed by atoms with Crippen molar-refractivity contribution in [3.63, 3.8) is 0 Å². The molecule has 3 aliphatic heterocycles. The average molecular weight is 706 g/mol. The summed E-state index contributed by atoms with van der Waals surface area (Å²) in [5, 5.41) is 7.10. The maximum atomic E-state index is 13.9. The lowest BCUT2D eigenvalue weighted by Crippen LogP contribution is -2.47. The molecule has 2 amide bonds. The molecule has 0 saturated carbocycles. The number of morpholine rings is 1. The Labute approximate surface area is 301 Å². The number of thioether (sulfide) groups is 1. The summed E-state index contributed by atoms with van der Waals surface area (Å²) in [7, 11) is 0. The van der Waals surface area contributed by atoms with Crippen LogP contribution < -0.4 is 15.5 Å². The SMILES string of the molecule is O=C(Nc1ccc(C2SC(=Nc3ccc(N4CCOCC4)cc3)N(Cc3ccccn3)C2=O)cc1)C1CCCN1C(=S)NCc1ccccc1. The summed E-state index contributed by atoms with van der Waals surface area (Å²) in [4.78, 5) is 42.7. The van der Waals surface area contributed by atoms with Crippen LogP contribution in [0.25, 0.3) is 0 Å². The Balaban J connectivity index is 1.03. The number of anilines is 2. The number of carbonyl (C=O) groups excluding carboxylic acids is 2. The number of aliphatic imine (C=N–C) groups is 1. The predicted molar refractivity (Wildman–Crippen MR) is 202 cm³/mol. The average Bonchev–Trinajstić information content (AvgIpc) is 3.78. The van der Waals surface area contributed by atoms with Crippen molar-refractivity contribution in [3.05, 3.63) is 120 Å². The zero-order valence-electron chi connectivity index (χ0n) is 27.6. The quantitative estimate of drug-likeness (QED) is 0.206. The number of pyridine rings is 1. The molecule has 1 aromatic heterocycles. The molecule has 256 valence electrons. The largest absolute Gasteiger partial charge is 0.378 e. The Bertz CT molecular complexity index is 1820. The van der Waals surface area contributed by atoms with Crippen molar-refractivity contribution in [2.24, 2.45) is 4.99 Å². The third kappa shape index (κ3) is 7.99. The van der Waals surface area contributed by atoms with Crippen LogP contribution in [0.15, 0.2) is 108 Å². The van der Waals surface area contributed by atoms with Crippen molar-refractivity contribution in [3.8, 4) is 0 Å². The third-order valence-electron chi connectivity index (χ3n) is 9.03. The lowest BCUT2D eigenvalue weighted by atomic mass is 10.1. The van der Waals surface area contributed by atoms with E-state index in [1.807, 2.05) is 89.8 Å². The number of hydrogen-bond acceptors (Lipinski definition) is 8. The fourth-order valence-electron chi connectivity index (χ4n) is 6.35. The van der Waals surface area contributed by atoms with E-state index in [-0.39, 0.29) is 17.9 Å². The summed E-state index contributed by atoms with van der Waals surface area (Å²) < 4.78 is 5.49. The minimum Gasteiger partial charge on any atom is -0.378 e. The molecular weight excluding hydrogens is 667 g/mol. The molecule has 3 saturated heterocycles. The molecule has 7 rings (SSSR count). The first-order chi connectivity index (χ1) is 24.5. The highest BCUT2D eigenvalue weighted by atomic mass is 32.2. The number of hydrogen-bond donors (Lipinski definition) is 2. The second-order valence-electron chi connectivity index (χ2n) is 12.4. The highest BCUT2D eigenvalue weighted by Crippen LogP contribution is 2.41. The van der Waals surface area contributed by atoms with Crippen LogP contribution >= 0.6 is 24.0 Å². The van der Waals surface area contributed by atoms with Crippen LogP contribution in [0.3, 0.4) is 0 Å². The van der Waals surface area contributed by atoms with Crippen molar-refractivity contribution in [1.82, 2.24) is 20.1 Å². The van der Waals surface area contributed by atoms with Gasteiger partial charge in [0, 0.05) is 43.8 Å². The zero-order valence-corrected chi connectivity index (χ0v) is 29.2. The molecule has 2 atom stereocenters. The van der Waals surface area contributed by atoms with E-state index in [0.29, 0.717) is 29.1 Å². The van der Waals surface area contributed by atoms with Gasteiger partial charge < -0.3 is 25.2 Å². The molecular formula is C38H39N7O3S2. The van der Waals surface area contributed by atoms with Crippen LogP contribution in [-0.2, 0) is 27.4 Å². The van der Waals surface area contributed by atoms with Gasteiger partial charge in [0.1, 0.15) is 11.3 Å². The summed E-state index contributed by atoms with van der Waals surface area (Å²) >= 11 is 7.10. The van der Waals surface area contributed by atoms with Gasteiger partial charge in [0.25, 0.3) is 0 Å². The molecule has 0 spiro atoms. The smallest absolute Gasteiger partial charge is 0.247 e. The van der Waals surface area contributed by atoms with Gasteiger partial charge >= 0.3 is 0 Å². The number of benzene rings is 3. The van der Waals surface area contributed by atoms with E-state index >= 15 is 0 Å². The molecule has 10 nitrogen and oxygen atoms in total. The standard InChI is InChI=1S/C38H39N7O3S2/c46-35(33-10-6-20-44(33)37(49)40-25-27-7-2-1-3-8-27)41-29-13-11-28(12-14-29)34-36(47)45(26-31-9-4-5-19-39-31)38(50-34)42-30-15-17-32(18-16-30)43-21-23-48-24-22-43/h1-5,7-9,11-19,33-34H,6,10,20-26H2,(H,40,49)(H,41,46). The highest BCUT2D eigenvalue weighted by molar-refractivity contribution is 8.15. The minimum atomic E-state index is -0.478. The zero-order chi connectivity index (χ0) is 34.3. The number of amides is 2. The van der Waals surface area contributed by atoms with E-state index in [1.165, 1.54) is 11.8 Å². The Morgan fingerprint density at radius 3 is 2.44 bits per heavy atom. The van der Waals surface area contributed by atoms with Crippen LogP contribution in [0.1, 0.15) is 34.9 Å². The summed E-state index contributed by atoms with van der Waals surface area (Å²) in [5.74, 6) is -0.153. The number of likely N-dealkylation sites (tertiary alicyclic amines) is 1. The minimum absolute atomic E-state index is 0.0563. The highest BCUT2D eigenvalue weighted by Gasteiger charge is 2.39. The molecule has 2 N–H and O–H groups in total. The third-order valence-corrected chi connectivity index (χ3v) is 10.6. The molecule has 2 unspecified atom stereocenters. The lowest BCUT2D eigenvalue weighted by molar-refractivity contribution is -0.126. The molecule has 0 radical (unpaired) electrons.